The quantitative estimate of drug-likeness (QED) is 0.284. The molecule has 0 N–H and O–H groups in total. The molecule has 0 saturated carbocycles. The second-order valence-electron chi connectivity index (χ2n) is 5.43. The molecule has 0 unspecified atom stereocenters. The molecule has 1 aromatic carbocycles. The largest absolute Gasteiger partial charge is 0.419 e. The summed E-state index contributed by atoms with van der Waals surface area (Å²) in [5.41, 5.74) is 3.43. The minimum atomic E-state index is -1.15. The molecule has 0 aliphatic carbocycles. The van der Waals surface area contributed by atoms with Gasteiger partial charge in [0, 0.05) is 25.0 Å². The molecule has 0 radical (unpaired) electrons. The first-order chi connectivity index (χ1) is 9.19. The van der Waals surface area contributed by atoms with E-state index in [0.29, 0.717) is 0 Å². The number of esters is 2. The van der Waals surface area contributed by atoms with Crippen molar-refractivity contribution in [3.63, 3.8) is 0 Å². The normalized spacial score (nSPS) is 18.6. The Morgan fingerprint density at radius 2 is 1.45 bits per heavy atom. The predicted molar refractivity (Wildman–Crippen MR) is 69.4 cm³/mol. The van der Waals surface area contributed by atoms with Crippen LogP contribution in [0.25, 0.3) is 0 Å². The summed E-state index contributed by atoms with van der Waals surface area (Å²) in [5.74, 6) is -2.07. The smallest absolute Gasteiger partial charge is 0.373 e. The SMILES string of the molecule is Cc1cc(C)c([I+]C2C(=O)OC(C)(C)OC2=O)c(C)c1. The van der Waals surface area contributed by atoms with E-state index >= 15 is 0 Å². The highest BCUT2D eigenvalue weighted by molar-refractivity contribution is 5.99. The molecule has 108 valence electrons. The van der Waals surface area contributed by atoms with Crippen molar-refractivity contribution in [1.82, 2.24) is 0 Å². The van der Waals surface area contributed by atoms with Crippen LogP contribution in [-0.4, -0.2) is 21.7 Å². The molecule has 1 fully saturated rings. The number of carbonyl (C=O) groups excluding carboxylic acids is 2. The Hall–Kier alpha value is -1.11. The van der Waals surface area contributed by atoms with Crippen molar-refractivity contribution in [3.8, 4) is 0 Å². The summed E-state index contributed by atoms with van der Waals surface area (Å²) in [6.07, 6.45) is 0. The zero-order chi connectivity index (χ0) is 15.1. The molecule has 1 aliphatic heterocycles. The van der Waals surface area contributed by atoms with Crippen LogP contribution in [-0.2, 0) is 19.1 Å². The van der Waals surface area contributed by atoms with E-state index in [9.17, 15) is 9.59 Å². The first-order valence-corrected chi connectivity index (χ1v) is 8.69. The van der Waals surface area contributed by atoms with Crippen LogP contribution in [0.3, 0.4) is 0 Å². The summed E-state index contributed by atoms with van der Waals surface area (Å²) in [4.78, 5) is 24.0. The van der Waals surface area contributed by atoms with Crippen LogP contribution in [0.1, 0.15) is 30.5 Å². The van der Waals surface area contributed by atoms with Gasteiger partial charge in [-0.05, 0) is 20.8 Å². The van der Waals surface area contributed by atoms with Gasteiger partial charge < -0.3 is 9.47 Å². The average Bonchev–Trinajstić information content (AvgIpc) is 2.24. The number of alkyl halides is 1. The van der Waals surface area contributed by atoms with Crippen LogP contribution in [0.15, 0.2) is 12.1 Å². The molecule has 0 aromatic heterocycles. The van der Waals surface area contributed by atoms with Crippen LogP contribution in [0.4, 0.5) is 0 Å². The van der Waals surface area contributed by atoms with Gasteiger partial charge >= 0.3 is 37.1 Å². The van der Waals surface area contributed by atoms with Gasteiger partial charge in [-0.25, -0.2) is 9.59 Å². The Balaban J connectivity index is 2.27. The van der Waals surface area contributed by atoms with Crippen LogP contribution in [0, 0.1) is 24.3 Å². The fourth-order valence-electron chi connectivity index (χ4n) is 2.24. The Bertz CT molecular complexity index is 534. The van der Waals surface area contributed by atoms with Gasteiger partial charge in [0.05, 0.1) is 0 Å². The minimum Gasteiger partial charge on any atom is -0.419 e. The van der Waals surface area contributed by atoms with Gasteiger partial charge in [0.25, 0.3) is 5.79 Å². The lowest BCUT2D eigenvalue weighted by Crippen LogP contribution is -3.66. The highest BCUT2D eigenvalue weighted by Gasteiger charge is 2.52. The molecule has 0 atom stereocenters. The molecule has 1 saturated heterocycles. The summed E-state index contributed by atoms with van der Waals surface area (Å²) in [5, 5.41) is 0. The van der Waals surface area contributed by atoms with Crippen molar-refractivity contribution in [1.29, 1.82) is 0 Å². The fraction of sp³-hybridized carbons (Fsp3) is 0.467. The van der Waals surface area contributed by atoms with E-state index in [-0.39, 0.29) is 0 Å². The molecule has 4 nitrogen and oxygen atoms in total. The van der Waals surface area contributed by atoms with E-state index in [2.05, 4.69) is 12.1 Å². The van der Waals surface area contributed by atoms with Gasteiger partial charge in [-0.15, -0.1) is 0 Å². The first kappa shape index (κ1) is 15.3. The number of benzene rings is 1. The minimum absolute atomic E-state index is 0.460. The summed E-state index contributed by atoms with van der Waals surface area (Å²) in [7, 11) is 0. The number of rotatable bonds is 2. The first-order valence-electron chi connectivity index (χ1n) is 6.36. The zero-order valence-corrected chi connectivity index (χ0v) is 14.4. The Kier molecular flexibility index (Phi) is 4.09. The number of hydrogen-bond acceptors (Lipinski definition) is 4. The van der Waals surface area contributed by atoms with Crippen molar-refractivity contribution in [3.05, 3.63) is 32.4 Å². The lowest BCUT2D eigenvalue weighted by atomic mass is 10.1. The number of hydrogen-bond donors (Lipinski definition) is 0. The molecule has 0 spiro atoms. The number of ether oxygens (including phenoxy) is 2. The Labute approximate surface area is 129 Å². The molecule has 1 heterocycles. The average molecular weight is 389 g/mol. The molecular weight excluding hydrogens is 371 g/mol. The monoisotopic (exact) mass is 389 g/mol. The molecule has 1 aliphatic rings. The van der Waals surface area contributed by atoms with Crippen molar-refractivity contribution in [2.75, 3.05) is 0 Å². The third-order valence-electron chi connectivity index (χ3n) is 2.91. The number of aryl methyl sites for hydroxylation is 3. The molecule has 5 heteroatoms. The summed E-state index contributed by atoms with van der Waals surface area (Å²) < 4.78 is 10.7. The second-order valence-corrected chi connectivity index (χ2v) is 8.37. The topological polar surface area (TPSA) is 52.6 Å². The van der Waals surface area contributed by atoms with E-state index in [1.54, 1.807) is 13.8 Å². The highest BCUT2D eigenvalue weighted by Crippen LogP contribution is 2.17. The van der Waals surface area contributed by atoms with Crippen LogP contribution >= 0.6 is 0 Å². The molecule has 20 heavy (non-hydrogen) atoms. The number of halogens is 1. The van der Waals surface area contributed by atoms with Crippen LogP contribution < -0.4 is 21.2 Å². The lowest BCUT2D eigenvalue weighted by Gasteiger charge is -2.29. The third kappa shape index (κ3) is 3.13. The van der Waals surface area contributed by atoms with Gasteiger partial charge in [-0.1, -0.05) is 17.7 Å². The molecule has 0 amide bonds. The van der Waals surface area contributed by atoms with E-state index in [4.69, 9.17) is 9.47 Å². The summed E-state index contributed by atoms with van der Waals surface area (Å²) >= 11 is -0.822. The molecule has 1 aromatic rings. The maximum Gasteiger partial charge on any atom is 0.373 e. The van der Waals surface area contributed by atoms with Crippen molar-refractivity contribution < 1.29 is 40.3 Å². The van der Waals surface area contributed by atoms with E-state index in [1.807, 2.05) is 20.8 Å². The van der Waals surface area contributed by atoms with Gasteiger partial charge in [-0.3, -0.25) is 0 Å². The molecular formula is C15H18IO4+. The Morgan fingerprint density at radius 3 is 1.90 bits per heavy atom. The van der Waals surface area contributed by atoms with Gasteiger partial charge in [-0.2, -0.15) is 0 Å². The third-order valence-corrected chi connectivity index (χ3v) is 6.87. The maximum atomic E-state index is 12.0. The Morgan fingerprint density at radius 1 is 1.00 bits per heavy atom. The molecule has 2 rings (SSSR count). The van der Waals surface area contributed by atoms with Gasteiger partial charge in [0.2, 0.25) is 0 Å². The highest BCUT2D eigenvalue weighted by atomic mass is 127. The maximum absolute atomic E-state index is 12.0. The summed E-state index contributed by atoms with van der Waals surface area (Å²) in [6.45, 7) is 9.20. The van der Waals surface area contributed by atoms with Crippen LogP contribution in [0.5, 0.6) is 0 Å². The van der Waals surface area contributed by atoms with Crippen molar-refractivity contribution in [2.24, 2.45) is 0 Å². The second kappa shape index (κ2) is 5.35. The number of carbonyl (C=O) groups is 2. The summed E-state index contributed by atoms with van der Waals surface area (Å²) in [6, 6.07) is 4.15. The van der Waals surface area contributed by atoms with E-state index in [0.717, 1.165) is 14.7 Å². The lowest BCUT2D eigenvalue weighted by molar-refractivity contribution is -0.645. The van der Waals surface area contributed by atoms with Crippen LogP contribution in [0.2, 0.25) is 0 Å². The van der Waals surface area contributed by atoms with Gasteiger partial charge in [0.15, 0.2) is 3.57 Å². The van der Waals surface area contributed by atoms with Crippen molar-refractivity contribution >= 4 is 11.9 Å². The predicted octanol–water partition coefficient (Wildman–Crippen LogP) is -0.925. The van der Waals surface area contributed by atoms with E-state index < -0.39 is 42.9 Å². The number of cyclic esters (lactones) is 2. The standard InChI is InChI=1S/C15H18IO4/c1-8-6-9(2)11(10(3)7-8)16-12-13(17)19-15(4,5)20-14(12)18/h6-7,12H,1-5H3/q+1. The van der Waals surface area contributed by atoms with E-state index in [1.165, 1.54) is 5.56 Å². The zero-order valence-electron chi connectivity index (χ0n) is 12.2. The fourth-order valence-corrected chi connectivity index (χ4v) is 4.92. The molecule has 0 bridgehead atoms. The van der Waals surface area contributed by atoms with Gasteiger partial charge in [0.1, 0.15) is 0 Å². The van der Waals surface area contributed by atoms with Crippen molar-refractivity contribution in [2.45, 2.75) is 44.3 Å².